The lowest BCUT2D eigenvalue weighted by molar-refractivity contribution is -0.0115. The molecule has 0 aliphatic carbocycles. The molecule has 1 unspecified atom stereocenters. The third-order valence-electron chi connectivity index (χ3n) is 3.15. The van der Waals surface area contributed by atoms with Crippen LogP contribution >= 0.6 is 0 Å². The molecular formula is C14H20O3. The summed E-state index contributed by atoms with van der Waals surface area (Å²) in [5, 5.41) is 9.27. The fraction of sp³-hybridized carbons (Fsp3) is 0.571. The highest BCUT2D eigenvalue weighted by Crippen LogP contribution is 2.24. The Kier molecular flexibility index (Phi) is 4.40. The number of ether oxygens (including phenoxy) is 2. The fourth-order valence-corrected chi connectivity index (χ4v) is 2.16. The number of aryl methyl sites for hydroxylation is 1. The van der Waals surface area contributed by atoms with Gasteiger partial charge in [-0.15, -0.1) is 0 Å². The molecule has 17 heavy (non-hydrogen) atoms. The van der Waals surface area contributed by atoms with Gasteiger partial charge in [-0.1, -0.05) is 18.2 Å². The van der Waals surface area contributed by atoms with Crippen molar-refractivity contribution in [3.05, 3.63) is 29.3 Å². The molecule has 0 saturated carbocycles. The Morgan fingerprint density at radius 3 is 3.00 bits per heavy atom. The summed E-state index contributed by atoms with van der Waals surface area (Å²) in [5.74, 6) is 0.809. The van der Waals surface area contributed by atoms with Gasteiger partial charge >= 0.3 is 0 Å². The minimum atomic E-state index is 0.0164. The first kappa shape index (κ1) is 12.4. The van der Waals surface area contributed by atoms with E-state index in [2.05, 4.69) is 0 Å². The minimum Gasteiger partial charge on any atom is -0.490 e. The van der Waals surface area contributed by atoms with Crippen LogP contribution in [0.2, 0.25) is 0 Å². The van der Waals surface area contributed by atoms with Crippen molar-refractivity contribution in [2.75, 3.05) is 13.2 Å². The Hall–Kier alpha value is -1.06. The Balaban J connectivity index is 1.97. The molecule has 3 nitrogen and oxygen atoms in total. The Morgan fingerprint density at radius 1 is 1.41 bits per heavy atom. The number of aliphatic hydroxyl groups is 1. The van der Waals surface area contributed by atoms with Crippen LogP contribution in [0.15, 0.2) is 18.2 Å². The lowest BCUT2D eigenvalue weighted by Crippen LogP contribution is -2.26. The molecule has 1 aliphatic rings. The first-order chi connectivity index (χ1) is 8.31. The maximum Gasteiger partial charge on any atom is 0.127 e. The van der Waals surface area contributed by atoms with Crippen LogP contribution in [0.3, 0.4) is 0 Å². The van der Waals surface area contributed by atoms with Gasteiger partial charge in [0.25, 0.3) is 0 Å². The van der Waals surface area contributed by atoms with Crippen LogP contribution in [0.25, 0.3) is 0 Å². The topological polar surface area (TPSA) is 38.7 Å². The molecule has 1 atom stereocenters. The first-order valence-electron chi connectivity index (χ1n) is 6.25. The predicted molar refractivity (Wildman–Crippen MR) is 66.2 cm³/mol. The molecule has 1 N–H and O–H groups in total. The van der Waals surface area contributed by atoms with Gasteiger partial charge in [-0.2, -0.15) is 0 Å². The van der Waals surface area contributed by atoms with Crippen LogP contribution in [0.1, 0.15) is 30.4 Å². The average Bonchev–Trinajstić information content (AvgIpc) is 2.38. The summed E-state index contributed by atoms with van der Waals surface area (Å²) in [5.41, 5.74) is 1.91. The highest BCUT2D eigenvalue weighted by molar-refractivity contribution is 5.40. The van der Waals surface area contributed by atoms with Crippen LogP contribution in [0.4, 0.5) is 0 Å². The van der Waals surface area contributed by atoms with E-state index in [0.29, 0.717) is 6.61 Å². The number of rotatable bonds is 4. The Morgan fingerprint density at radius 2 is 2.29 bits per heavy atom. The van der Waals surface area contributed by atoms with Crippen molar-refractivity contribution < 1.29 is 14.6 Å². The molecule has 0 spiro atoms. The maximum absolute atomic E-state index is 9.27. The molecule has 0 bridgehead atoms. The summed E-state index contributed by atoms with van der Waals surface area (Å²) in [4.78, 5) is 0. The third kappa shape index (κ3) is 3.20. The number of benzene rings is 1. The van der Waals surface area contributed by atoms with Crippen molar-refractivity contribution in [1.82, 2.24) is 0 Å². The van der Waals surface area contributed by atoms with E-state index in [-0.39, 0.29) is 12.7 Å². The second-order valence-corrected chi connectivity index (χ2v) is 4.52. The van der Waals surface area contributed by atoms with Crippen LogP contribution in [0.5, 0.6) is 5.75 Å². The van der Waals surface area contributed by atoms with Gasteiger partial charge in [-0.25, -0.2) is 0 Å². The lowest BCUT2D eigenvalue weighted by atomic mass is 10.1. The van der Waals surface area contributed by atoms with E-state index in [4.69, 9.17) is 9.47 Å². The standard InChI is InChI=1S/C14H20O3/c1-11-5-4-6-12(9-15)14(11)17-10-13-7-2-3-8-16-13/h4-6,13,15H,2-3,7-10H2,1H3. The number of hydrogen-bond acceptors (Lipinski definition) is 3. The smallest absolute Gasteiger partial charge is 0.127 e. The summed E-state index contributed by atoms with van der Waals surface area (Å²) in [6.45, 7) is 3.44. The van der Waals surface area contributed by atoms with Crippen molar-refractivity contribution in [3.8, 4) is 5.75 Å². The van der Waals surface area contributed by atoms with E-state index in [0.717, 1.165) is 36.3 Å². The first-order valence-corrected chi connectivity index (χ1v) is 6.25. The van der Waals surface area contributed by atoms with E-state index in [9.17, 15) is 5.11 Å². The summed E-state index contributed by atoms with van der Waals surface area (Å²) in [7, 11) is 0. The minimum absolute atomic E-state index is 0.0164. The van der Waals surface area contributed by atoms with Crippen molar-refractivity contribution >= 4 is 0 Å². The highest BCUT2D eigenvalue weighted by Gasteiger charge is 2.15. The molecule has 2 rings (SSSR count). The summed E-state index contributed by atoms with van der Waals surface area (Å²) in [6.07, 6.45) is 3.65. The molecule has 1 heterocycles. The zero-order valence-corrected chi connectivity index (χ0v) is 10.3. The monoisotopic (exact) mass is 236 g/mol. The normalized spacial score (nSPS) is 20.2. The van der Waals surface area contributed by atoms with Crippen molar-refractivity contribution in [2.24, 2.45) is 0 Å². The van der Waals surface area contributed by atoms with Gasteiger partial charge in [0.2, 0.25) is 0 Å². The molecule has 1 fully saturated rings. The van der Waals surface area contributed by atoms with Crippen LogP contribution in [-0.4, -0.2) is 24.4 Å². The van der Waals surface area contributed by atoms with Crippen molar-refractivity contribution in [3.63, 3.8) is 0 Å². The average molecular weight is 236 g/mol. The van der Waals surface area contributed by atoms with E-state index < -0.39 is 0 Å². The number of aliphatic hydroxyl groups excluding tert-OH is 1. The quantitative estimate of drug-likeness (QED) is 0.872. The highest BCUT2D eigenvalue weighted by atomic mass is 16.5. The van der Waals surface area contributed by atoms with Crippen LogP contribution in [0, 0.1) is 6.92 Å². The van der Waals surface area contributed by atoms with Crippen LogP contribution < -0.4 is 4.74 Å². The Labute approximate surface area is 102 Å². The van der Waals surface area contributed by atoms with E-state index in [1.165, 1.54) is 6.42 Å². The zero-order chi connectivity index (χ0) is 12.1. The Bertz CT molecular complexity index is 356. The summed E-state index contributed by atoms with van der Waals surface area (Å²) >= 11 is 0. The van der Waals surface area contributed by atoms with Gasteiger partial charge in [0.1, 0.15) is 12.4 Å². The van der Waals surface area contributed by atoms with E-state index in [1.807, 2.05) is 25.1 Å². The van der Waals surface area contributed by atoms with Gasteiger partial charge in [-0.05, 0) is 31.7 Å². The molecule has 0 amide bonds. The molecule has 1 aliphatic heterocycles. The fourth-order valence-electron chi connectivity index (χ4n) is 2.16. The molecule has 3 heteroatoms. The molecule has 94 valence electrons. The second-order valence-electron chi connectivity index (χ2n) is 4.52. The predicted octanol–water partition coefficient (Wildman–Crippen LogP) is 2.44. The van der Waals surface area contributed by atoms with Crippen molar-refractivity contribution in [1.29, 1.82) is 0 Å². The van der Waals surface area contributed by atoms with Gasteiger partial charge in [0, 0.05) is 12.2 Å². The molecule has 1 aromatic rings. The maximum atomic E-state index is 9.27. The van der Waals surface area contributed by atoms with Gasteiger partial charge < -0.3 is 14.6 Å². The number of hydrogen-bond donors (Lipinski definition) is 1. The summed E-state index contributed by atoms with van der Waals surface area (Å²) < 4.78 is 11.4. The third-order valence-corrected chi connectivity index (χ3v) is 3.15. The van der Waals surface area contributed by atoms with E-state index in [1.54, 1.807) is 0 Å². The van der Waals surface area contributed by atoms with Gasteiger partial charge in [-0.3, -0.25) is 0 Å². The second kappa shape index (κ2) is 6.03. The molecule has 0 radical (unpaired) electrons. The zero-order valence-electron chi connectivity index (χ0n) is 10.3. The molecular weight excluding hydrogens is 216 g/mol. The van der Waals surface area contributed by atoms with Crippen molar-refractivity contribution in [2.45, 2.75) is 38.9 Å². The lowest BCUT2D eigenvalue weighted by Gasteiger charge is -2.23. The molecule has 1 saturated heterocycles. The van der Waals surface area contributed by atoms with Gasteiger partial charge in [0.05, 0.1) is 12.7 Å². The van der Waals surface area contributed by atoms with E-state index >= 15 is 0 Å². The largest absolute Gasteiger partial charge is 0.490 e. The summed E-state index contributed by atoms with van der Waals surface area (Å²) in [6, 6.07) is 5.82. The number of para-hydroxylation sites is 1. The van der Waals surface area contributed by atoms with Crippen LogP contribution in [-0.2, 0) is 11.3 Å². The SMILES string of the molecule is Cc1cccc(CO)c1OCC1CCCCO1. The van der Waals surface area contributed by atoms with Gasteiger partial charge in [0.15, 0.2) is 0 Å². The molecule has 0 aromatic heterocycles. The molecule has 1 aromatic carbocycles.